The monoisotopic (exact) mass is 278 g/mol. The largest absolute Gasteiger partial charge is 0.508 e. The van der Waals surface area contributed by atoms with Gasteiger partial charge in [-0.25, -0.2) is 0 Å². The van der Waals surface area contributed by atoms with Gasteiger partial charge in [-0.05, 0) is 49.8 Å². The number of rotatable bonds is 4. The molecule has 1 aliphatic rings. The predicted octanol–water partition coefficient (Wildman–Crippen LogP) is 0.682. The van der Waals surface area contributed by atoms with Crippen molar-refractivity contribution in [3.8, 4) is 5.75 Å². The number of nitrogens with two attached hydrogens (primary N) is 1. The Hall–Kier alpha value is -1.59. The zero-order valence-electron chi connectivity index (χ0n) is 11.5. The van der Waals surface area contributed by atoms with Crippen molar-refractivity contribution < 1.29 is 15.0 Å². The van der Waals surface area contributed by atoms with Crippen LogP contribution >= 0.6 is 0 Å². The summed E-state index contributed by atoms with van der Waals surface area (Å²) in [7, 11) is 0. The molecule has 20 heavy (non-hydrogen) atoms. The molecular weight excluding hydrogens is 256 g/mol. The highest BCUT2D eigenvalue weighted by molar-refractivity contribution is 5.82. The number of carbonyl (C=O) groups is 1. The van der Waals surface area contributed by atoms with Crippen LogP contribution in [-0.4, -0.2) is 34.3 Å². The van der Waals surface area contributed by atoms with E-state index >= 15 is 0 Å². The van der Waals surface area contributed by atoms with E-state index in [-0.39, 0.29) is 23.8 Å². The number of hydrogen-bond donors (Lipinski definition) is 4. The van der Waals surface area contributed by atoms with E-state index in [2.05, 4.69) is 5.32 Å². The third-order valence-electron chi connectivity index (χ3n) is 3.72. The molecule has 0 saturated heterocycles. The van der Waals surface area contributed by atoms with Crippen molar-refractivity contribution in [2.45, 2.75) is 50.3 Å². The number of aliphatic hydroxyl groups is 1. The Morgan fingerprint density at radius 3 is 2.70 bits per heavy atom. The van der Waals surface area contributed by atoms with Crippen molar-refractivity contribution in [3.63, 3.8) is 0 Å². The molecule has 0 radical (unpaired) electrons. The molecule has 1 aromatic carbocycles. The first-order valence-corrected chi connectivity index (χ1v) is 7.06. The van der Waals surface area contributed by atoms with Crippen LogP contribution < -0.4 is 11.1 Å². The van der Waals surface area contributed by atoms with Gasteiger partial charge in [0.05, 0.1) is 12.1 Å². The minimum Gasteiger partial charge on any atom is -0.508 e. The molecule has 0 spiro atoms. The number of benzene rings is 1. The van der Waals surface area contributed by atoms with E-state index in [1.807, 2.05) is 0 Å². The lowest BCUT2D eigenvalue weighted by Gasteiger charge is -2.27. The second kappa shape index (κ2) is 6.72. The molecule has 3 atom stereocenters. The molecule has 110 valence electrons. The summed E-state index contributed by atoms with van der Waals surface area (Å²) in [6.07, 6.45) is 3.36. The van der Waals surface area contributed by atoms with Gasteiger partial charge in [0, 0.05) is 6.04 Å². The van der Waals surface area contributed by atoms with Crippen molar-refractivity contribution in [1.29, 1.82) is 0 Å². The number of carbonyl (C=O) groups excluding carboxylic acids is 1. The lowest BCUT2D eigenvalue weighted by atomic mass is 9.92. The Morgan fingerprint density at radius 1 is 1.35 bits per heavy atom. The van der Waals surface area contributed by atoms with E-state index in [0.29, 0.717) is 12.8 Å². The number of phenols is 1. The molecule has 1 saturated carbocycles. The smallest absolute Gasteiger partial charge is 0.237 e. The van der Waals surface area contributed by atoms with E-state index in [4.69, 9.17) is 5.73 Å². The third kappa shape index (κ3) is 4.21. The minimum atomic E-state index is -0.612. The van der Waals surface area contributed by atoms with Crippen LogP contribution in [0.2, 0.25) is 0 Å². The van der Waals surface area contributed by atoms with E-state index in [9.17, 15) is 15.0 Å². The fraction of sp³-hybridized carbons (Fsp3) is 0.533. The maximum Gasteiger partial charge on any atom is 0.237 e. The Balaban J connectivity index is 1.83. The minimum absolute atomic E-state index is 0.0251. The van der Waals surface area contributed by atoms with Crippen molar-refractivity contribution in [2.24, 2.45) is 5.73 Å². The van der Waals surface area contributed by atoms with Crippen LogP contribution in [0.15, 0.2) is 24.3 Å². The summed E-state index contributed by atoms with van der Waals surface area (Å²) in [5.74, 6) is 0.0140. The molecule has 5 nitrogen and oxygen atoms in total. The molecule has 0 aromatic heterocycles. The van der Waals surface area contributed by atoms with Gasteiger partial charge in [-0.3, -0.25) is 4.79 Å². The second-order valence-electron chi connectivity index (χ2n) is 5.50. The van der Waals surface area contributed by atoms with Crippen LogP contribution in [0, 0.1) is 0 Å². The molecule has 1 aromatic rings. The SMILES string of the molecule is N[C@@H](Cc1ccc(O)cc1)C(=O)NC1CCCC(O)C1. The average Bonchev–Trinajstić information content (AvgIpc) is 2.41. The molecule has 0 aliphatic heterocycles. The van der Waals surface area contributed by atoms with Gasteiger partial charge in [0.2, 0.25) is 5.91 Å². The Labute approximate surface area is 118 Å². The van der Waals surface area contributed by atoms with Gasteiger partial charge in [-0.2, -0.15) is 0 Å². The molecule has 5 N–H and O–H groups in total. The lowest BCUT2D eigenvalue weighted by molar-refractivity contribution is -0.123. The summed E-state index contributed by atoms with van der Waals surface area (Å²) in [6.45, 7) is 0. The van der Waals surface area contributed by atoms with E-state index in [0.717, 1.165) is 24.8 Å². The standard InChI is InChI=1S/C15H22N2O3/c16-14(8-10-4-6-12(18)7-5-10)15(20)17-11-2-1-3-13(19)9-11/h4-7,11,13-14,18-19H,1-3,8-9,16H2,(H,17,20)/t11?,13?,14-/m0/s1. The second-order valence-corrected chi connectivity index (χ2v) is 5.50. The maximum absolute atomic E-state index is 12.0. The number of phenolic OH excluding ortho intramolecular Hbond substituents is 1. The molecule has 0 bridgehead atoms. The molecule has 1 fully saturated rings. The summed E-state index contributed by atoms with van der Waals surface area (Å²) in [5, 5.41) is 21.7. The number of hydrogen-bond acceptors (Lipinski definition) is 4. The highest BCUT2D eigenvalue weighted by Crippen LogP contribution is 2.18. The third-order valence-corrected chi connectivity index (χ3v) is 3.72. The van der Waals surface area contributed by atoms with Gasteiger partial charge in [0.15, 0.2) is 0 Å². The van der Waals surface area contributed by atoms with Gasteiger partial charge in [0.25, 0.3) is 0 Å². The van der Waals surface area contributed by atoms with Crippen LogP contribution in [0.3, 0.4) is 0 Å². The highest BCUT2D eigenvalue weighted by atomic mass is 16.3. The molecule has 2 unspecified atom stereocenters. The first kappa shape index (κ1) is 14.8. The number of aliphatic hydroxyl groups excluding tert-OH is 1. The van der Waals surface area contributed by atoms with Gasteiger partial charge >= 0.3 is 0 Å². The first-order chi connectivity index (χ1) is 9.54. The molecule has 1 amide bonds. The average molecular weight is 278 g/mol. The summed E-state index contributed by atoms with van der Waals surface area (Å²) >= 11 is 0. The highest BCUT2D eigenvalue weighted by Gasteiger charge is 2.23. The molecule has 5 heteroatoms. The van der Waals surface area contributed by atoms with E-state index < -0.39 is 6.04 Å². The van der Waals surface area contributed by atoms with Gasteiger partial charge in [-0.15, -0.1) is 0 Å². The fourth-order valence-electron chi connectivity index (χ4n) is 2.58. The molecular formula is C15H22N2O3. The van der Waals surface area contributed by atoms with Crippen LogP contribution in [0.25, 0.3) is 0 Å². The summed E-state index contributed by atoms with van der Waals surface area (Å²) in [4.78, 5) is 12.0. The van der Waals surface area contributed by atoms with Crippen LogP contribution in [-0.2, 0) is 11.2 Å². The molecule has 2 rings (SSSR count). The zero-order chi connectivity index (χ0) is 14.5. The maximum atomic E-state index is 12.0. The number of amides is 1. The van der Waals surface area contributed by atoms with Gasteiger partial charge in [0.1, 0.15) is 5.75 Å². The number of aromatic hydroxyl groups is 1. The summed E-state index contributed by atoms with van der Waals surface area (Å²) < 4.78 is 0. The Kier molecular flexibility index (Phi) is 4.98. The van der Waals surface area contributed by atoms with Crippen molar-refractivity contribution >= 4 is 5.91 Å². The van der Waals surface area contributed by atoms with Gasteiger partial charge in [-0.1, -0.05) is 12.1 Å². The van der Waals surface area contributed by atoms with Crippen molar-refractivity contribution in [3.05, 3.63) is 29.8 Å². The molecule has 0 heterocycles. The topological polar surface area (TPSA) is 95.6 Å². The lowest BCUT2D eigenvalue weighted by Crippen LogP contribution is -2.48. The van der Waals surface area contributed by atoms with Crippen LogP contribution in [0.1, 0.15) is 31.2 Å². The van der Waals surface area contributed by atoms with E-state index in [1.54, 1.807) is 24.3 Å². The quantitative estimate of drug-likeness (QED) is 0.651. The Morgan fingerprint density at radius 2 is 2.05 bits per heavy atom. The first-order valence-electron chi connectivity index (χ1n) is 7.06. The summed E-state index contributed by atoms with van der Waals surface area (Å²) in [5.41, 5.74) is 6.81. The van der Waals surface area contributed by atoms with E-state index in [1.165, 1.54) is 0 Å². The van der Waals surface area contributed by atoms with Crippen LogP contribution in [0.4, 0.5) is 0 Å². The summed E-state index contributed by atoms with van der Waals surface area (Å²) in [6, 6.07) is 6.09. The van der Waals surface area contributed by atoms with Crippen LogP contribution in [0.5, 0.6) is 5.75 Å². The Bertz CT molecular complexity index is 447. The molecule has 1 aliphatic carbocycles. The normalized spacial score (nSPS) is 24.1. The zero-order valence-corrected chi connectivity index (χ0v) is 11.5. The fourth-order valence-corrected chi connectivity index (χ4v) is 2.58. The number of nitrogens with one attached hydrogen (secondary N) is 1. The van der Waals surface area contributed by atoms with Crippen molar-refractivity contribution in [1.82, 2.24) is 5.32 Å². The van der Waals surface area contributed by atoms with Crippen molar-refractivity contribution in [2.75, 3.05) is 0 Å². The van der Waals surface area contributed by atoms with Gasteiger partial charge < -0.3 is 21.3 Å². The predicted molar refractivity (Wildman–Crippen MR) is 76.2 cm³/mol.